The van der Waals surface area contributed by atoms with E-state index in [1.807, 2.05) is 49.1 Å². The number of ether oxygens (including phenoxy) is 1. The minimum absolute atomic E-state index is 0.0277. The molecule has 0 N–H and O–H groups in total. The summed E-state index contributed by atoms with van der Waals surface area (Å²) in [6.07, 6.45) is 7.96. The van der Waals surface area contributed by atoms with Crippen LogP contribution in [0.4, 0.5) is 0 Å². The fraction of sp³-hybridized carbons (Fsp3) is 0.545. The predicted octanol–water partition coefficient (Wildman–Crippen LogP) is 4.22. The van der Waals surface area contributed by atoms with Crippen molar-refractivity contribution in [3.63, 3.8) is 0 Å². The van der Waals surface area contributed by atoms with Crippen molar-refractivity contribution in [2.45, 2.75) is 52.5 Å². The summed E-state index contributed by atoms with van der Waals surface area (Å²) in [5, 5.41) is 0. The Labute approximate surface area is 157 Å². The SMILES string of the molecule is COC(=O)C(C)CN(C(=O)/C=C/c1ccc(C)cc1)C1CCCCC1C. The third kappa shape index (κ3) is 5.45. The molecule has 0 saturated heterocycles. The predicted molar refractivity (Wildman–Crippen MR) is 105 cm³/mol. The van der Waals surface area contributed by atoms with E-state index in [0.717, 1.165) is 24.8 Å². The van der Waals surface area contributed by atoms with Crippen molar-refractivity contribution in [1.82, 2.24) is 4.90 Å². The zero-order chi connectivity index (χ0) is 19.1. The molecule has 1 fully saturated rings. The molecule has 142 valence electrons. The number of hydrogen-bond acceptors (Lipinski definition) is 3. The molecule has 0 radical (unpaired) electrons. The zero-order valence-corrected chi connectivity index (χ0v) is 16.4. The lowest BCUT2D eigenvalue weighted by Gasteiger charge is -2.39. The van der Waals surface area contributed by atoms with Crippen LogP contribution in [-0.2, 0) is 14.3 Å². The van der Waals surface area contributed by atoms with Crippen molar-refractivity contribution >= 4 is 18.0 Å². The Bertz CT molecular complexity index is 635. The first-order valence-electron chi connectivity index (χ1n) is 9.55. The second-order valence-electron chi connectivity index (χ2n) is 7.49. The number of carbonyl (C=O) groups is 2. The molecule has 4 heteroatoms. The molecule has 4 nitrogen and oxygen atoms in total. The summed E-state index contributed by atoms with van der Waals surface area (Å²) in [6.45, 7) is 6.47. The van der Waals surface area contributed by atoms with Crippen molar-refractivity contribution in [2.75, 3.05) is 13.7 Å². The molecular formula is C22H31NO3. The molecule has 0 heterocycles. The number of esters is 1. The van der Waals surface area contributed by atoms with Gasteiger partial charge in [0.2, 0.25) is 5.91 Å². The van der Waals surface area contributed by atoms with Gasteiger partial charge in [0.15, 0.2) is 0 Å². The highest BCUT2D eigenvalue weighted by Gasteiger charge is 2.31. The highest BCUT2D eigenvalue weighted by atomic mass is 16.5. The van der Waals surface area contributed by atoms with Crippen molar-refractivity contribution in [2.24, 2.45) is 11.8 Å². The van der Waals surface area contributed by atoms with Crippen molar-refractivity contribution in [3.05, 3.63) is 41.5 Å². The molecule has 2 rings (SSSR count). The van der Waals surface area contributed by atoms with Gasteiger partial charge in [0, 0.05) is 18.7 Å². The summed E-state index contributed by atoms with van der Waals surface area (Å²) in [7, 11) is 1.39. The van der Waals surface area contributed by atoms with E-state index in [2.05, 4.69) is 6.92 Å². The summed E-state index contributed by atoms with van der Waals surface area (Å²) in [5.74, 6) is -0.176. The number of amides is 1. The van der Waals surface area contributed by atoms with E-state index in [9.17, 15) is 9.59 Å². The van der Waals surface area contributed by atoms with E-state index in [-0.39, 0.29) is 23.8 Å². The summed E-state index contributed by atoms with van der Waals surface area (Å²) in [5.41, 5.74) is 2.19. The van der Waals surface area contributed by atoms with Crippen LogP contribution in [0.5, 0.6) is 0 Å². The number of benzene rings is 1. The van der Waals surface area contributed by atoms with E-state index < -0.39 is 0 Å². The summed E-state index contributed by atoms with van der Waals surface area (Å²) in [6, 6.07) is 8.26. The fourth-order valence-corrected chi connectivity index (χ4v) is 3.66. The van der Waals surface area contributed by atoms with Gasteiger partial charge in [-0.15, -0.1) is 0 Å². The van der Waals surface area contributed by atoms with Crippen LogP contribution in [0, 0.1) is 18.8 Å². The number of hydrogen-bond donors (Lipinski definition) is 0. The van der Waals surface area contributed by atoms with Gasteiger partial charge < -0.3 is 9.64 Å². The second kappa shape index (κ2) is 9.56. The lowest BCUT2D eigenvalue weighted by molar-refractivity contribution is -0.146. The van der Waals surface area contributed by atoms with Crippen LogP contribution in [0.2, 0.25) is 0 Å². The van der Waals surface area contributed by atoms with E-state index >= 15 is 0 Å². The third-order valence-electron chi connectivity index (χ3n) is 5.32. The summed E-state index contributed by atoms with van der Waals surface area (Å²) >= 11 is 0. The summed E-state index contributed by atoms with van der Waals surface area (Å²) in [4.78, 5) is 26.7. The molecule has 1 aliphatic carbocycles. The van der Waals surface area contributed by atoms with Gasteiger partial charge >= 0.3 is 5.97 Å². The molecule has 0 aliphatic heterocycles. The van der Waals surface area contributed by atoms with Gasteiger partial charge in [0.1, 0.15) is 0 Å². The van der Waals surface area contributed by atoms with E-state index in [1.165, 1.54) is 19.1 Å². The molecule has 1 aromatic carbocycles. The van der Waals surface area contributed by atoms with Gasteiger partial charge in [-0.05, 0) is 37.3 Å². The molecule has 3 atom stereocenters. The maximum atomic E-state index is 13.0. The van der Waals surface area contributed by atoms with Crippen molar-refractivity contribution < 1.29 is 14.3 Å². The normalized spacial score (nSPS) is 21.4. The van der Waals surface area contributed by atoms with Gasteiger partial charge in [-0.2, -0.15) is 0 Å². The zero-order valence-electron chi connectivity index (χ0n) is 16.4. The molecule has 26 heavy (non-hydrogen) atoms. The van der Waals surface area contributed by atoms with Crippen molar-refractivity contribution in [3.8, 4) is 0 Å². The molecule has 0 spiro atoms. The Morgan fingerprint density at radius 2 is 1.88 bits per heavy atom. The first kappa shape index (κ1) is 20.2. The Kier molecular flexibility index (Phi) is 7.43. The Balaban J connectivity index is 2.16. The highest BCUT2D eigenvalue weighted by Crippen LogP contribution is 2.29. The topological polar surface area (TPSA) is 46.6 Å². The van der Waals surface area contributed by atoms with E-state index in [4.69, 9.17) is 4.74 Å². The van der Waals surface area contributed by atoms with Gasteiger partial charge in [0.05, 0.1) is 13.0 Å². The lowest BCUT2D eigenvalue weighted by Crippen LogP contribution is -2.47. The standard InChI is InChI=1S/C22H31NO3/c1-16-9-11-19(12-10-16)13-14-21(24)23(15-18(3)22(25)26-4)20-8-6-5-7-17(20)2/h9-14,17-18,20H,5-8,15H2,1-4H3/b14-13+. The van der Waals surface area contributed by atoms with Crippen molar-refractivity contribution in [1.29, 1.82) is 0 Å². The number of rotatable bonds is 6. The average Bonchev–Trinajstić information content (AvgIpc) is 2.65. The second-order valence-corrected chi connectivity index (χ2v) is 7.49. The van der Waals surface area contributed by atoms with Crippen LogP contribution in [0.1, 0.15) is 50.7 Å². The number of nitrogens with zero attached hydrogens (tertiary/aromatic N) is 1. The van der Waals surface area contributed by atoms with Crippen LogP contribution in [-0.4, -0.2) is 36.5 Å². The third-order valence-corrected chi connectivity index (χ3v) is 5.32. The molecule has 1 amide bonds. The monoisotopic (exact) mass is 357 g/mol. The molecule has 1 saturated carbocycles. The summed E-state index contributed by atoms with van der Waals surface area (Å²) < 4.78 is 4.85. The minimum Gasteiger partial charge on any atom is -0.469 e. The molecule has 1 aromatic rings. The molecule has 0 aromatic heterocycles. The van der Waals surface area contributed by atoms with Crippen LogP contribution in [0.3, 0.4) is 0 Å². The molecule has 0 bridgehead atoms. The van der Waals surface area contributed by atoms with Gasteiger partial charge in [-0.3, -0.25) is 9.59 Å². The number of methoxy groups -OCH3 is 1. The smallest absolute Gasteiger partial charge is 0.310 e. The highest BCUT2D eigenvalue weighted by molar-refractivity contribution is 5.92. The quantitative estimate of drug-likeness (QED) is 0.565. The minimum atomic E-state index is -0.328. The number of aryl methyl sites for hydroxylation is 1. The van der Waals surface area contributed by atoms with Gasteiger partial charge in [-0.25, -0.2) is 0 Å². The van der Waals surface area contributed by atoms with Gasteiger partial charge in [0.25, 0.3) is 0 Å². The van der Waals surface area contributed by atoms with Crippen LogP contribution in [0.15, 0.2) is 30.3 Å². The Hall–Kier alpha value is -2.10. The van der Waals surface area contributed by atoms with Gasteiger partial charge in [-0.1, -0.05) is 56.5 Å². The maximum Gasteiger partial charge on any atom is 0.310 e. The fourth-order valence-electron chi connectivity index (χ4n) is 3.66. The first-order chi connectivity index (χ1) is 12.4. The Morgan fingerprint density at radius 1 is 1.23 bits per heavy atom. The average molecular weight is 357 g/mol. The van der Waals surface area contributed by atoms with Crippen LogP contribution < -0.4 is 0 Å². The maximum absolute atomic E-state index is 13.0. The Morgan fingerprint density at radius 3 is 2.50 bits per heavy atom. The largest absolute Gasteiger partial charge is 0.469 e. The van der Waals surface area contributed by atoms with E-state index in [1.54, 1.807) is 6.08 Å². The van der Waals surface area contributed by atoms with E-state index in [0.29, 0.717) is 12.5 Å². The lowest BCUT2D eigenvalue weighted by atomic mass is 9.84. The van der Waals surface area contributed by atoms with Crippen LogP contribution in [0.25, 0.3) is 6.08 Å². The molecule has 3 unspecified atom stereocenters. The molecule has 1 aliphatic rings. The first-order valence-corrected chi connectivity index (χ1v) is 9.55. The van der Waals surface area contributed by atoms with Crippen LogP contribution >= 0.6 is 0 Å². The molecular weight excluding hydrogens is 326 g/mol. The number of carbonyl (C=O) groups excluding carboxylic acids is 2.